The Balaban J connectivity index is 2.02. The van der Waals surface area contributed by atoms with Crippen molar-refractivity contribution in [3.8, 4) is 0 Å². The van der Waals surface area contributed by atoms with Crippen LogP contribution in [-0.4, -0.2) is 96.2 Å². The van der Waals surface area contributed by atoms with Crippen molar-refractivity contribution in [2.45, 2.75) is 25.3 Å². The fourth-order valence-electron chi connectivity index (χ4n) is 2.33. The maximum absolute atomic E-state index is 11.7. The van der Waals surface area contributed by atoms with Crippen LogP contribution in [0.1, 0.15) is 19.3 Å². The minimum Gasteiger partial charge on any atom is -0.481 e. The lowest BCUT2D eigenvalue weighted by molar-refractivity contribution is -0.143. The molecule has 0 saturated heterocycles. The van der Waals surface area contributed by atoms with E-state index in [1.54, 1.807) is 0 Å². The van der Waals surface area contributed by atoms with Crippen molar-refractivity contribution in [2.24, 2.45) is 0 Å². The smallest absolute Gasteiger partial charge is 0.326 e. The maximum Gasteiger partial charge on any atom is 0.326 e. The number of nitrogens with one attached hydrogen (secondary N) is 2. The number of imide groups is 1. The van der Waals surface area contributed by atoms with E-state index in [0.717, 1.165) is 17.1 Å². The molecule has 1 rings (SSSR count). The summed E-state index contributed by atoms with van der Waals surface area (Å²) in [4.78, 5) is 68.3. The number of amides is 4. The highest BCUT2D eigenvalue weighted by Gasteiger charge is 2.25. The number of carbonyl (C=O) groups excluding carboxylic acids is 4. The molecule has 13 heteroatoms. The van der Waals surface area contributed by atoms with Gasteiger partial charge in [0.05, 0.1) is 26.4 Å². The first-order valence-corrected chi connectivity index (χ1v) is 9.40. The number of nitrogens with zero attached hydrogens (tertiary/aromatic N) is 1. The van der Waals surface area contributed by atoms with E-state index in [1.807, 2.05) is 0 Å². The fourth-order valence-corrected chi connectivity index (χ4v) is 2.33. The Morgan fingerprint density at radius 2 is 1.52 bits per heavy atom. The largest absolute Gasteiger partial charge is 0.481 e. The summed E-state index contributed by atoms with van der Waals surface area (Å²) in [6, 6.07) is -1.28. The Hall–Kier alpha value is -3.32. The molecule has 4 amide bonds. The predicted molar refractivity (Wildman–Crippen MR) is 102 cm³/mol. The third-order valence-electron chi connectivity index (χ3n) is 3.90. The summed E-state index contributed by atoms with van der Waals surface area (Å²) >= 11 is 0. The van der Waals surface area contributed by atoms with E-state index in [4.69, 9.17) is 19.7 Å². The lowest BCUT2D eigenvalue weighted by Crippen LogP contribution is -2.41. The van der Waals surface area contributed by atoms with Gasteiger partial charge in [0.25, 0.3) is 11.8 Å². The van der Waals surface area contributed by atoms with Gasteiger partial charge in [-0.05, 0) is 6.42 Å². The van der Waals surface area contributed by atoms with Gasteiger partial charge in [0.1, 0.15) is 12.6 Å². The maximum atomic E-state index is 11.7. The number of rotatable bonds is 16. The minimum atomic E-state index is -1.31. The summed E-state index contributed by atoms with van der Waals surface area (Å²) < 4.78 is 10.4. The third-order valence-corrected chi connectivity index (χ3v) is 3.90. The average Bonchev–Trinajstić information content (AvgIpc) is 3.01. The number of ether oxygens (including phenoxy) is 2. The zero-order chi connectivity index (χ0) is 23.2. The molecule has 0 fully saturated rings. The normalized spacial score (nSPS) is 13.9. The summed E-state index contributed by atoms with van der Waals surface area (Å²) in [6.45, 7) is 0.321. The van der Waals surface area contributed by atoms with Crippen molar-refractivity contribution in [2.75, 3.05) is 39.5 Å². The Morgan fingerprint density at radius 1 is 0.903 bits per heavy atom. The predicted octanol–water partition coefficient (Wildman–Crippen LogP) is -2.11. The molecule has 13 nitrogen and oxygen atoms in total. The Kier molecular flexibility index (Phi) is 11.5. The SMILES string of the molecule is O=C(O)CCC(NC(=O)CCOCCOCCNC(=O)CN1C(=O)C=CC1=O)C(=O)O. The highest BCUT2D eigenvalue weighted by Crippen LogP contribution is 2.02. The molecular formula is C18H25N3O10. The number of carboxylic acid groups (broad SMARTS) is 2. The zero-order valence-electron chi connectivity index (χ0n) is 16.7. The molecule has 31 heavy (non-hydrogen) atoms. The highest BCUT2D eigenvalue weighted by atomic mass is 16.5. The van der Waals surface area contributed by atoms with Crippen molar-refractivity contribution in [1.82, 2.24) is 15.5 Å². The Labute approximate surface area is 177 Å². The lowest BCUT2D eigenvalue weighted by Gasteiger charge is -2.14. The van der Waals surface area contributed by atoms with Gasteiger partial charge < -0.3 is 30.3 Å². The van der Waals surface area contributed by atoms with Gasteiger partial charge in [-0.25, -0.2) is 4.79 Å². The molecule has 1 heterocycles. The van der Waals surface area contributed by atoms with Crippen molar-refractivity contribution in [1.29, 1.82) is 0 Å². The second-order valence-electron chi connectivity index (χ2n) is 6.31. The van der Waals surface area contributed by atoms with Gasteiger partial charge in [0.15, 0.2) is 0 Å². The van der Waals surface area contributed by atoms with Crippen molar-refractivity contribution in [3.05, 3.63) is 12.2 Å². The number of hydrogen-bond donors (Lipinski definition) is 4. The van der Waals surface area contributed by atoms with Crippen molar-refractivity contribution in [3.63, 3.8) is 0 Å². The summed E-state index contributed by atoms with van der Waals surface area (Å²) in [5.41, 5.74) is 0. The van der Waals surface area contributed by atoms with Gasteiger partial charge in [-0.15, -0.1) is 0 Å². The van der Waals surface area contributed by atoms with Gasteiger partial charge >= 0.3 is 11.9 Å². The van der Waals surface area contributed by atoms with E-state index < -0.39 is 41.6 Å². The molecule has 1 atom stereocenters. The number of hydrogen-bond acceptors (Lipinski definition) is 8. The molecular weight excluding hydrogens is 418 g/mol. The van der Waals surface area contributed by atoms with Crippen LogP contribution >= 0.6 is 0 Å². The van der Waals surface area contributed by atoms with E-state index in [9.17, 15) is 28.8 Å². The van der Waals surface area contributed by atoms with Crippen LogP contribution in [0.15, 0.2) is 12.2 Å². The van der Waals surface area contributed by atoms with E-state index in [0.29, 0.717) is 0 Å². The zero-order valence-corrected chi connectivity index (χ0v) is 16.7. The monoisotopic (exact) mass is 443 g/mol. The quantitative estimate of drug-likeness (QED) is 0.152. The first-order valence-electron chi connectivity index (χ1n) is 9.40. The highest BCUT2D eigenvalue weighted by molar-refractivity contribution is 6.14. The summed E-state index contributed by atoms with van der Waals surface area (Å²) in [5.74, 6) is -4.63. The molecule has 1 aliphatic heterocycles. The van der Waals surface area contributed by atoms with Gasteiger partial charge in [0.2, 0.25) is 11.8 Å². The Bertz CT molecular complexity index is 703. The molecule has 0 spiro atoms. The summed E-state index contributed by atoms with van der Waals surface area (Å²) in [6.07, 6.45) is 1.48. The van der Waals surface area contributed by atoms with Crippen LogP contribution in [0, 0.1) is 0 Å². The van der Waals surface area contributed by atoms with E-state index in [1.165, 1.54) is 0 Å². The molecule has 1 aliphatic rings. The second kappa shape index (κ2) is 13.8. The van der Waals surface area contributed by atoms with E-state index >= 15 is 0 Å². The van der Waals surface area contributed by atoms with Gasteiger partial charge in [-0.2, -0.15) is 0 Å². The topological polar surface area (TPSA) is 189 Å². The first-order chi connectivity index (χ1) is 14.7. The van der Waals surface area contributed by atoms with Crippen LogP contribution in [0.25, 0.3) is 0 Å². The molecule has 1 unspecified atom stereocenters. The molecule has 0 aromatic heterocycles. The number of aliphatic carboxylic acids is 2. The molecule has 0 bridgehead atoms. The molecule has 0 radical (unpaired) electrons. The number of carbonyl (C=O) groups is 6. The average molecular weight is 443 g/mol. The fraction of sp³-hybridized carbons (Fsp3) is 0.556. The standard InChI is InChI=1S/C18H25N3O10/c22-13(20-12(18(28)29)1-4-17(26)27)5-7-30-9-10-31-8-6-19-14(23)11-21-15(24)2-3-16(21)25/h2-3,12H,1,4-11H2,(H,19,23)(H,20,22)(H,26,27)(H,28,29). The van der Waals surface area contributed by atoms with Crippen LogP contribution in [0.5, 0.6) is 0 Å². The van der Waals surface area contributed by atoms with Crippen molar-refractivity contribution < 1.29 is 48.5 Å². The first kappa shape index (κ1) is 25.7. The van der Waals surface area contributed by atoms with E-state index in [-0.39, 0.29) is 58.8 Å². The van der Waals surface area contributed by atoms with Crippen LogP contribution in [0.3, 0.4) is 0 Å². The van der Waals surface area contributed by atoms with Crippen LogP contribution in [0.4, 0.5) is 0 Å². The molecule has 172 valence electrons. The van der Waals surface area contributed by atoms with Gasteiger partial charge in [-0.3, -0.25) is 28.9 Å². The van der Waals surface area contributed by atoms with E-state index in [2.05, 4.69) is 10.6 Å². The van der Waals surface area contributed by atoms with Gasteiger partial charge in [0, 0.05) is 31.5 Å². The third kappa shape index (κ3) is 10.9. The lowest BCUT2D eigenvalue weighted by atomic mass is 10.1. The van der Waals surface area contributed by atoms with Crippen LogP contribution in [0.2, 0.25) is 0 Å². The van der Waals surface area contributed by atoms with Crippen LogP contribution < -0.4 is 10.6 Å². The molecule has 0 aromatic rings. The van der Waals surface area contributed by atoms with Crippen molar-refractivity contribution >= 4 is 35.6 Å². The minimum absolute atomic E-state index is 0.0170. The molecule has 4 N–H and O–H groups in total. The van der Waals surface area contributed by atoms with Gasteiger partial charge in [-0.1, -0.05) is 0 Å². The second-order valence-corrected chi connectivity index (χ2v) is 6.31. The Morgan fingerprint density at radius 3 is 2.10 bits per heavy atom. The summed E-state index contributed by atoms with van der Waals surface area (Å²) in [7, 11) is 0. The molecule has 0 aromatic carbocycles. The number of carboxylic acids is 2. The molecule has 0 aliphatic carbocycles. The summed E-state index contributed by atoms with van der Waals surface area (Å²) in [5, 5.41) is 22.3. The van der Waals surface area contributed by atoms with Crippen LogP contribution in [-0.2, 0) is 38.2 Å². The molecule has 0 saturated carbocycles.